The molecule has 0 radical (unpaired) electrons. The van der Waals surface area contributed by atoms with Crippen molar-refractivity contribution in [2.75, 3.05) is 5.32 Å². The third-order valence-corrected chi connectivity index (χ3v) is 4.36. The van der Waals surface area contributed by atoms with Crippen LogP contribution in [0.25, 0.3) is 0 Å². The molecule has 1 unspecified atom stereocenters. The molecule has 0 aromatic carbocycles. The first-order chi connectivity index (χ1) is 9.71. The molecule has 0 spiro atoms. The highest BCUT2D eigenvalue weighted by atomic mass is 32.1. The number of rotatable bonds is 10. The molecule has 1 atom stereocenters. The maximum absolute atomic E-state index is 12.1. The molecule has 1 aromatic rings. The summed E-state index contributed by atoms with van der Waals surface area (Å²) in [7, 11) is 0. The van der Waals surface area contributed by atoms with Gasteiger partial charge in [0.15, 0.2) is 0 Å². The smallest absolute Gasteiger partial charge is 0.229 e. The van der Waals surface area contributed by atoms with Gasteiger partial charge in [-0.2, -0.15) is 0 Å². The summed E-state index contributed by atoms with van der Waals surface area (Å²) in [6.45, 7) is 6.40. The molecule has 20 heavy (non-hydrogen) atoms. The molecule has 0 aliphatic rings. The normalized spacial score (nSPS) is 12.3. The molecular weight excluding hydrogens is 270 g/mol. The summed E-state index contributed by atoms with van der Waals surface area (Å²) in [5, 5.41) is 12.8. The summed E-state index contributed by atoms with van der Waals surface area (Å²) in [5.41, 5.74) is 0. The molecule has 0 bridgehead atoms. The second-order valence-electron chi connectivity index (χ2n) is 5.19. The van der Waals surface area contributed by atoms with Gasteiger partial charge in [-0.1, -0.05) is 57.8 Å². The maximum atomic E-state index is 12.1. The molecule has 1 aromatic heterocycles. The lowest BCUT2D eigenvalue weighted by Crippen LogP contribution is -2.22. The van der Waals surface area contributed by atoms with Crippen LogP contribution in [0.15, 0.2) is 0 Å². The summed E-state index contributed by atoms with van der Waals surface area (Å²) in [6, 6.07) is 0. The van der Waals surface area contributed by atoms with Gasteiger partial charge >= 0.3 is 0 Å². The van der Waals surface area contributed by atoms with Crippen molar-refractivity contribution < 1.29 is 4.79 Å². The first-order valence-electron chi connectivity index (χ1n) is 7.84. The summed E-state index contributed by atoms with van der Waals surface area (Å²) >= 11 is 1.51. The molecule has 1 rings (SSSR count). The number of hydrogen-bond donors (Lipinski definition) is 1. The Balaban J connectivity index is 2.44. The Morgan fingerprint density at radius 1 is 1.15 bits per heavy atom. The number of amides is 1. The Bertz CT molecular complexity index is 392. The highest BCUT2D eigenvalue weighted by molar-refractivity contribution is 7.15. The first kappa shape index (κ1) is 17.1. The third kappa shape index (κ3) is 5.99. The minimum atomic E-state index is 0.0946. The highest BCUT2D eigenvalue weighted by Crippen LogP contribution is 2.20. The van der Waals surface area contributed by atoms with Crippen molar-refractivity contribution in [1.29, 1.82) is 0 Å². The van der Waals surface area contributed by atoms with E-state index in [-0.39, 0.29) is 11.8 Å². The van der Waals surface area contributed by atoms with Crippen LogP contribution >= 0.6 is 11.3 Å². The molecule has 0 saturated carbocycles. The number of aromatic nitrogens is 2. The molecule has 1 N–H and O–H groups in total. The van der Waals surface area contributed by atoms with E-state index in [0.717, 1.165) is 43.5 Å². The van der Waals surface area contributed by atoms with E-state index >= 15 is 0 Å². The molecule has 5 heteroatoms. The van der Waals surface area contributed by atoms with E-state index in [4.69, 9.17) is 0 Å². The Labute approximate surface area is 126 Å². The van der Waals surface area contributed by atoms with Gasteiger partial charge in [0.05, 0.1) is 0 Å². The average molecular weight is 297 g/mol. The van der Waals surface area contributed by atoms with E-state index in [1.807, 2.05) is 0 Å². The summed E-state index contributed by atoms with van der Waals surface area (Å²) < 4.78 is 0. The van der Waals surface area contributed by atoms with Crippen molar-refractivity contribution in [3.8, 4) is 0 Å². The summed E-state index contributed by atoms with van der Waals surface area (Å²) in [4.78, 5) is 12.1. The van der Waals surface area contributed by atoms with Gasteiger partial charge in [-0.3, -0.25) is 4.79 Å². The largest absolute Gasteiger partial charge is 0.300 e. The fraction of sp³-hybridized carbons (Fsp3) is 0.800. The molecule has 1 heterocycles. The van der Waals surface area contributed by atoms with Crippen molar-refractivity contribution in [3.63, 3.8) is 0 Å². The van der Waals surface area contributed by atoms with Gasteiger partial charge in [-0.05, 0) is 19.3 Å². The lowest BCUT2D eigenvalue weighted by molar-refractivity contribution is -0.120. The van der Waals surface area contributed by atoms with E-state index in [1.54, 1.807) is 0 Å². The van der Waals surface area contributed by atoms with E-state index in [2.05, 4.69) is 36.3 Å². The van der Waals surface area contributed by atoms with E-state index < -0.39 is 0 Å². The van der Waals surface area contributed by atoms with Gasteiger partial charge in [0.25, 0.3) is 0 Å². The van der Waals surface area contributed by atoms with Crippen LogP contribution in [0.5, 0.6) is 0 Å². The molecule has 4 nitrogen and oxygen atoms in total. The van der Waals surface area contributed by atoms with Gasteiger partial charge in [0.1, 0.15) is 5.01 Å². The molecule has 0 saturated heterocycles. The average Bonchev–Trinajstić information content (AvgIpc) is 2.87. The van der Waals surface area contributed by atoms with Crippen LogP contribution in [-0.4, -0.2) is 16.1 Å². The molecule has 0 aliphatic carbocycles. The van der Waals surface area contributed by atoms with Gasteiger partial charge < -0.3 is 5.32 Å². The molecule has 0 fully saturated rings. The second-order valence-corrected chi connectivity index (χ2v) is 6.26. The number of nitrogens with one attached hydrogen (secondary N) is 1. The maximum Gasteiger partial charge on any atom is 0.229 e. The van der Waals surface area contributed by atoms with Crippen molar-refractivity contribution in [2.45, 2.75) is 72.1 Å². The zero-order valence-corrected chi connectivity index (χ0v) is 13.8. The molecule has 1 amide bonds. The first-order valence-corrected chi connectivity index (χ1v) is 8.66. The number of unbranched alkanes of at least 4 members (excludes halogenated alkanes) is 3. The van der Waals surface area contributed by atoms with E-state index in [0.29, 0.717) is 5.13 Å². The molecule has 0 aliphatic heterocycles. The number of anilines is 1. The molecular formula is C15H27N3OS. The monoisotopic (exact) mass is 297 g/mol. The number of aryl methyl sites for hydroxylation is 1. The van der Waals surface area contributed by atoms with E-state index in [9.17, 15) is 4.79 Å². The Morgan fingerprint density at radius 2 is 1.90 bits per heavy atom. The van der Waals surface area contributed by atoms with Crippen molar-refractivity contribution in [2.24, 2.45) is 5.92 Å². The van der Waals surface area contributed by atoms with Crippen LogP contribution in [0.2, 0.25) is 0 Å². The lowest BCUT2D eigenvalue weighted by atomic mass is 9.99. The number of carbonyl (C=O) groups excluding carboxylic acids is 1. The molecule has 114 valence electrons. The number of nitrogens with zero attached hydrogens (tertiary/aromatic N) is 2. The third-order valence-electron chi connectivity index (χ3n) is 3.46. The Hall–Kier alpha value is -0.970. The number of carbonyl (C=O) groups is 1. The van der Waals surface area contributed by atoms with Gasteiger partial charge in [-0.25, -0.2) is 0 Å². The SMILES string of the molecule is CCCCCc1nnc(NC(=O)C(CC)CCCC)s1. The fourth-order valence-electron chi connectivity index (χ4n) is 2.11. The minimum absolute atomic E-state index is 0.0946. The predicted octanol–water partition coefficient (Wildman–Crippen LogP) is 4.43. The fourth-order valence-corrected chi connectivity index (χ4v) is 2.89. The van der Waals surface area contributed by atoms with Crippen LogP contribution in [-0.2, 0) is 11.2 Å². The quantitative estimate of drug-likeness (QED) is 0.650. The Morgan fingerprint density at radius 3 is 2.55 bits per heavy atom. The van der Waals surface area contributed by atoms with Crippen LogP contribution in [0.4, 0.5) is 5.13 Å². The van der Waals surface area contributed by atoms with Gasteiger partial charge in [-0.15, -0.1) is 10.2 Å². The van der Waals surface area contributed by atoms with Crippen LogP contribution in [0.3, 0.4) is 0 Å². The minimum Gasteiger partial charge on any atom is -0.300 e. The van der Waals surface area contributed by atoms with Crippen molar-refractivity contribution in [1.82, 2.24) is 10.2 Å². The van der Waals surface area contributed by atoms with E-state index in [1.165, 1.54) is 24.2 Å². The summed E-state index contributed by atoms with van der Waals surface area (Å²) in [5.74, 6) is 0.194. The van der Waals surface area contributed by atoms with Gasteiger partial charge in [0.2, 0.25) is 11.0 Å². The van der Waals surface area contributed by atoms with Crippen LogP contribution < -0.4 is 5.32 Å². The van der Waals surface area contributed by atoms with Crippen molar-refractivity contribution >= 4 is 22.4 Å². The zero-order chi connectivity index (χ0) is 14.8. The van der Waals surface area contributed by atoms with Crippen LogP contribution in [0.1, 0.15) is 70.7 Å². The predicted molar refractivity (Wildman–Crippen MR) is 85.1 cm³/mol. The summed E-state index contributed by atoms with van der Waals surface area (Å²) in [6.07, 6.45) is 8.61. The standard InChI is InChI=1S/C15H27N3OS/c1-4-7-9-11-13-17-18-15(20-13)16-14(19)12(6-3)10-8-5-2/h12H,4-11H2,1-3H3,(H,16,18,19). The topological polar surface area (TPSA) is 54.9 Å². The lowest BCUT2D eigenvalue weighted by Gasteiger charge is -2.12. The van der Waals surface area contributed by atoms with Crippen molar-refractivity contribution in [3.05, 3.63) is 5.01 Å². The van der Waals surface area contributed by atoms with Gasteiger partial charge in [0, 0.05) is 12.3 Å². The second kappa shape index (κ2) is 9.86. The van der Waals surface area contributed by atoms with Crippen LogP contribution in [0, 0.1) is 5.92 Å². The Kier molecular flexibility index (Phi) is 8.42. The highest BCUT2D eigenvalue weighted by Gasteiger charge is 2.17. The zero-order valence-electron chi connectivity index (χ0n) is 12.9. The number of hydrogen-bond acceptors (Lipinski definition) is 4.